The predicted octanol–water partition coefficient (Wildman–Crippen LogP) is 0.804. The van der Waals surface area contributed by atoms with Crippen LogP contribution in [0.15, 0.2) is 29.3 Å². The standard InChI is InChI=1S/C17H28N4O3/c1-17(2,3)14(16(22)23)10-24-13-6-4-11(5-7-13)15(20)21-12(8-18)9-19/h4-7,12,14H,8-10,18-19H2,1-3H3,(H2,20,21)(H,22,23)/t14-/m1/s1. The number of ether oxygens (including phenoxy) is 1. The number of carboxylic acid groups (broad SMARTS) is 1. The minimum atomic E-state index is -0.870. The molecule has 0 saturated heterocycles. The molecule has 0 aliphatic carbocycles. The number of carbonyl (C=O) groups is 1. The number of amidine groups is 1. The number of nitrogens with two attached hydrogens (primary N) is 3. The lowest BCUT2D eigenvalue weighted by atomic mass is 9.81. The van der Waals surface area contributed by atoms with Crippen LogP contribution in [-0.4, -0.2) is 42.6 Å². The van der Waals surface area contributed by atoms with Crippen molar-refractivity contribution in [1.29, 1.82) is 0 Å². The lowest BCUT2D eigenvalue weighted by molar-refractivity contribution is -0.146. The fraction of sp³-hybridized carbons (Fsp3) is 0.529. The zero-order valence-corrected chi connectivity index (χ0v) is 14.5. The van der Waals surface area contributed by atoms with Crippen LogP contribution < -0.4 is 21.9 Å². The van der Waals surface area contributed by atoms with Crippen LogP contribution in [0.3, 0.4) is 0 Å². The quantitative estimate of drug-likeness (QED) is 0.409. The number of nitrogens with zero attached hydrogens (tertiary/aromatic N) is 1. The molecule has 0 amide bonds. The lowest BCUT2D eigenvalue weighted by Crippen LogP contribution is -2.33. The van der Waals surface area contributed by atoms with Gasteiger partial charge >= 0.3 is 5.97 Å². The van der Waals surface area contributed by atoms with Gasteiger partial charge in [0.2, 0.25) is 0 Å². The van der Waals surface area contributed by atoms with Crippen molar-refractivity contribution in [2.75, 3.05) is 19.7 Å². The third-order valence-electron chi connectivity index (χ3n) is 3.78. The molecule has 7 N–H and O–H groups in total. The molecular weight excluding hydrogens is 308 g/mol. The van der Waals surface area contributed by atoms with E-state index in [1.54, 1.807) is 24.3 Å². The lowest BCUT2D eigenvalue weighted by Gasteiger charge is -2.26. The van der Waals surface area contributed by atoms with Gasteiger partial charge in [0.05, 0.1) is 12.0 Å². The number of aliphatic imine (C=N–C) groups is 1. The van der Waals surface area contributed by atoms with Gasteiger partial charge in [-0.3, -0.25) is 9.79 Å². The molecule has 0 radical (unpaired) electrons. The molecule has 1 aromatic rings. The van der Waals surface area contributed by atoms with Gasteiger partial charge in [0.25, 0.3) is 0 Å². The Bertz CT molecular complexity index is 560. The van der Waals surface area contributed by atoms with Crippen molar-refractivity contribution in [3.8, 4) is 5.75 Å². The van der Waals surface area contributed by atoms with Gasteiger partial charge in [-0.15, -0.1) is 0 Å². The van der Waals surface area contributed by atoms with Crippen LogP contribution >= 0.6 is 0 Å². The molecule has 0 aromatic heterocycles. The second-order valence-electron chi connectivity index (χ2n) is 6.73. The molecule has 1 atom stereocenters. The summed E-state index contributed by atoms with van der Waals surface area (Å²) in [6, 6.07) is 6.80. The highest BCUT2D eigenvalue weighted by atomic mass is 16.5. The summed E-state index contributed by atoms with van der Waals surface area (Å²) in [5, 5.41) is 9.30. The smallest absolute Gasteiger partial charge is 0.310 e. The van der Waals surface area contributed by atoms with E-state index in [1.807, 2.05) is 20.8 Å². The van der Waals surface area contributed by atoms with E-state index in [2.05, 4.69) is 4.99 Å². The van der Waals surface area contributed by atoms with Crippen molar-refractivity contribution in [3.05, 3.63) is 29.8 Å². The summed E-state index contributed by atoms with van der Waals surface area (Å²) in [4.78, 5) is 15.6. The van der Waals surface area contributed by atoms with Gasteiger partial charge in [0.1, 0.15) is 18.2 Å². The maximum atomic E-state index is 11.3. The van der Waals surface area contributed by atoms with Crippen LogP contribution in [0, 0.1) is 11.3 Å². The molecule has 7 heteroatoms. The zero-order valence-electron chi connectivity index (χ0n) is 14.5. The molecule has 0 aliphatic rings. The summed E-state index contributed by atoms with van der Waals surface area (Å²) < 4.78 is 5.61. The van der Waals surface area contributed by atoms with Gasteiger partial charge in [-0.2, -0.15) is 0 Å². The summed E-state index contributed by atoms with van der Waals surface area (Å²) in [5.74, 6) is -0.527. The largest absolute Gasteiger partial charge is 0.493 e. The molecule has 134 valence electrons. The van der Waals surface area contributed by atoms with Gasteiger partial charge in [0, 0.05) is 18.7 Å². The highest BCUT2D eigenvalue weighted by Gasteiger charge is 2.31. The molecule has 24 heavy (non-hydrogen) atoms. The Hall–Kier alpha value is -2.12. The van der Waals surface area contributed by atoms with Crippen LogP contribution in [0.2, 0.25) is 0 Å². The van der Waals surface area contributed by atoms with Crippen LogP contribution in [0.1, 0.15) is 26.3 Å². The van der Waals surface area contributed by atoms with E-state index in [9.17, 15) is 9.90 Å². The highest BCUT2D eigenvalue weighted by Crippen LogP contribution is 2.27. The Balaban J connectivity index is 2.76. The molecule has 0 unspecified atom stereocenters. The van der Waals surface area contributed by atoms with Gasteiger partial charge in [-0.25, -0.2) is 0 Å². The predicted molar refractivity (Wildman–Crippen MR) is 95.1 cm³/mol. The topological polar surface area (TPSA) is 137 Å². The number of hydrogen-bond acceptors (Lipinski definition) is 5. The van der Waals surface area contributed by atoms with Crippen molar-refractivity contribution in [1.82, 2.24) is 0 Å². The van der Waals surface area contributed by atoms with E-state index < -0.39 is 11.9 Å². The third-order valence-corrected chi connectivity index (χ3v) is 3.78. The molecular formula is C17H28N4O3. The molecule has 7 nitrogen and oxygen atoms in total. The van der Waals surface area contributed by atoms with E-state index in [1.165, 1.54) is 0 Å². The van der Waals surface area contributed by atoms with Crippen molar-refractivity contribution in [2.45, 2.75) is 26.8 Å². The van der Waals surface area contributed by atoms with Crippen molar-refractivity contribution < 1.29 is 14.6 Å². The summed E-state index contributed by atoms with van der Waals surface area (Å²) in [5.41, 5.74) is 17.4. The number of carboxylic acids is 1. The summed E-state index contributed by atoms with van der Waals surface area (Å²) in [6.45, 7) is 6.40. The average molecular weight is 336 g/mol. The Labute approximate surface area is 142 Å². The van der Waals surface area contributed by atoms with E-state index in [0.29, 0.717) is 24.7 Å². The van der Waals surface area contributed by atoms with E-state index >= 15 is 0 Å². The first-order chi connectivity index (χ1) is 11.2. The van der Waals surface area contributed by atoms with Gasteiger partial charge < -0.3 is 27.0 Å². The normalized spacial score (nSPS) is 13.8. The van der Waals surface area contributed by atoms with Gasteiger partial charge in [-0.05, 0) is 29.7 Å². The van der Waals surface area contributed by atoms with Crippen LogP contribution in [0.4, 0.5) is 0 Å². The first-order valence-corrected chi connectivity index (χ1v) is 7.88. The van der Waals surface area contributed by atoms with Crippen LogP contribution in [-0.2, 0) is 4.79 Å². The van der Waals surface area contributed by atoms with E-state index in [-0.39, 0.29) is 18.1 Å². The van der Waals surface area contributed by atoms with Crippen molar-refractivity contribution in [2.24, 2.45) is 33.5 Å². The Morgan fingerprint density at radius 3 is 2.17 bits per heavy atom. The Kier molecular flexibility index (Phi) is 7.18. The molecule has 1 rings (SSSR count). The molecule has 0 aliphatic heterocycles. The zero-order chi connectivity index (χ0) is 18.3. The molecule has 0 heterocycles. The van der Waals surface area contributed by atoms with Crippen LogP contribution in [0.5, 0.6) is 5.75 Å². The maximum absolute atomic E-state index is 11.3. The monoisotopic (exact) mass is 336 g/mol. The van der Waals surface area contributed by atoms with Crippen molar-refractivity contribution >= 4 is 11.8 Å². The minimum Gasteiger partial charge on any atom is -0.493 e. The minimum absolute atomic E-state index is 0.101. The summed E-state index contributed by atoms with van der Waals surface area (Å²) >= 11 is 0. The second-order valence-corrected chi connectivity index (χ2v) is 6.73. The first kappa shape index (κ1) is 19.9. The Morgan fingerprint density at radius 2 is 1.75 bits per heavy atom. The number of aliphatic carboxylic acids is 1. The van der Waals surface area contributed by atoms with Crippen LogP contribution in [0.25, 0.3) is 0 Å². The summed E-state index contributed by atoms with van der Waals surface area (Å²) in [6.07, 6.45) is 0. The SMILES string of the molecule is CC(C)(C)[C@H](COc1ccc(C(N)=NC(CN)CN)cc1)C(=O)O. The van der Waals surface area contributed by atoms with E-state index in [4.69, 9.17) is 21.9 Å². The average Bonchev–Trinajstić information content (AvgIpc) is 2.51. The van der Waals surface area contributed by atoms with Gasteiger partial charge in [-0.1, -0.05) is 20.8 Å². The van der Waals surface area contributed by atoms with Crippen molar-refractivity contribution in [3.63, 3.8) is 0 Å². The molecule has 0 fully saturated rings. The van der Waals surface area contributed by atoms with Gasteiger partial charge in [0.15, 0.2) is 0 Å². The molecule has 0 saturated carbocycles. The Morgan fingerprint density at radius 1 is 1.21 bits per heavy atom. The number of rotatable bonds is 8. The number of benzene rings is 1. The fourth-order valence-electron chi connectivity index (χ4n) is 2.07. The molecule has 0 bridgehead atoms. The van der Waals surface area contributed by atoms with E-state index in [0.717, 1.165) is 5.56 Å². The highest BCUT2D eigenvalue weighted by molar-refractivity contribution is 5.97. The third kappa shape index (κ3) is 5.82. The molecule has 1 aromatic carbocycles. The number of hydrogen-bond donors (Lipinski definition) is 4. The molecule has 0 spiro atoms. The fourth-order valence-corrected chi connectivity index (χ4v) is 2.07. The second kappa shape index (κ2) is 8.65. The first-order valence-electron chi connectivity index (χ1n) is 7.88. The maximum Gasteiger partial charge on any atom is 0.310 e. The summed E-state index contributed by atoms with van der Waals surface area (Å²) in [7, 11) is 0.